The van der Waals surface area contributed by atoms with E-state index in [1.807, 2.05) is 27.7 Å². The summed E-state index contributed by atoms with van der Waals surface area (Å²) in [5.41, 5.74) is -0.729. The fourth-order valence-electron chi connectivity index (χ4n) is 5.09. The van der Waals surface area contributed by atoms with E-state index in [0.29, 0.717) is 15.8 Å². The molecule has 2 atom stereocenters. The number of pyridine rings is 4. The lowest BCUT2D eigenvalue weighted by Gasteiger charge is -2.32. The third-order valence-corrected chi connectivity index (χ3v) is 9.74. The van der Waals surface area contributed by atoms with Crippen molar-refractivity contribution >= 4 is 39.8 Å². The van der Waals surface area contributed by atoms with Gasteiger partial charge in [-0.05, 0) is 93.9 Å². The minimum atomic E-state index is -4.76. The van der Waals surface area contributed by atoms with E-state index in [0.717, 1.165) is 35.9 Å². The summed E-state index contributed by atoms with van der Waals surface area (Å²) < 4.78 is 201. The Bertz CT molecular complexity index is 2590. The van der Waals surface area contributed by atoms with Crippen LogP contribution in [0.5, 0.6) is 11.8 Å². The van der Waals surface area contributed by atoms with Crippen LogP contribution >= 0.6 is 15.9 Å². The average Bonchev–Trinajstić information content (AvgIpc) is 3.85. The third-order valence-electron chi connectivity index (χ3n) is 9.27. The molecule has 6 aromatic heterocycles. The van der Waals surface area contributed by atoms with Crippen molar-refractivity contribution in [3.63, 3.8) is 0 Å². The second kappa shape index (κ2) is 19.8. The quantitative estimate of drug-likeness (QED) is 0.118. The third kappa shape index (κ3) is 12.7. The van der Waals surface area contributed by atoms with Crippen LogP contribution in [0.4, 0.5) is 61.5 Å². The Morgan fingerprint density at radius 1 is 0.606 bits per heavy atom. The second-order valence-corrected chi connectivity index (χ2v) is 15.4. The Balaban J connectivity index is 0.000000270. The van der Waals surface area contributed by atoms with Crippen molar-refractivity contribution in [2.45, 2.75) is 105 Å². The van der Waals surface area contributed by atoms with Gasteiger partial charge >= 0.3 is 31.8 Å². The van der Waals surface area contributed by atoms with Gasteiger partial charge in [0, 0.05) is 45.8 Å². The number of hydrogen-bond donors (Lipinski definition) is 0. The van der Waals surface area contributed by atoms with Crippen LogP contribution in [-0.2, 0) is 21.7 Å². The predicted molar refractivity (Wildman–Crippen MR) is 213 cm³/mol. The standard InChI is InChI=1S/C15H9F7N4O.C14H18BF4NO3.C7H3BrF3N3.2CH4/c1-7(14(17,18)19)27-12-10(16)4-9(5-23-12)8-2-3-11-24-25-13(15(20,21)22)26(11)6-8;1-8(14(17,18)19)21-11-10(16)6-9(7-20-11)15-22-12(2,3)13(4,5)23-15;8-4-1-2-5-12-13-6(7(9,10)11)14(5)3-4;;/h2-7H,1H3;6-8H,1-5H3;1-3H;2*1H4/t7-;8-;;;/m00.../s1. The molecule has 1 aliphatic heterocycles. The SMILES string of the molecule is C.C.C[C@H](Oc1ncc(-c2ccc3nnc(C(F)(F)F)n3c2)cc1F)C(F)(F)F.C[C@H](Oc1ncc(B2OC(C)(C)C(C)(C)O2)cc1F)C(F)(F)F.FC(F)(F)c1nnc2ccc(Br)cn12. The maximum atomic E-state index is 14.0. The molecule has 0 radical (unpaired) electrons. The topological polar surface area (TPSA) is 123 Å². The lowest BCUT2D eigenvalue weighted by Crippen LogP contribution is -2.41. The van der Waals surface area contributed by atoms with E-state index in [1.165, 1.54) is 30.6 Å². The number of halogens is 15. The van der Waals surface area contributed by atoms with Gasteiger partial charge in [-0.15, -0.1) is 20.4 Å². The zero-order valence-corrected chi connectivity index (χ0v) is 35.0. The summed E-state index contributed by atoms with van der Waals surface area (Å²) in [5, 5.41) is 12.9. The van der Waals surface area contributed by atoms with Crippen LogP contribution in [-0.4, -0.2) is 82.0 Å². The van der Waals surface area contributed by atoms with Gasteiger partial charge in [-0.3, -0.25) is 8.80 Å². The van der Waals surface area contributed by atoms with Crippen LogP contribution in [0.15, 0.2) is 65.7 Å². The molecule has 0 N–H and O–H groups in total. The Morgan fingerprint density at radius 3 is 1.45 bits per heavy atom. The van der Waals surface area contributed by atoms with Crippen LogP contribution in [0.3, 0.4) is 0 Å². The predicted octanol–water partition coefficient (Wildman–Crippen LogP) is 10.9. The van der Waals surface area contributed by atoms with Crippen molar-refractivity contribution in [1.82, 2.24) is 39.2 Å². The van der Waals surface area contributed by atoms with Crippen LogP contribution in [0, 0.1) is 11.6 Å². The summed E-state index contributed by atoms with van der Waals surface area (Å²) in [7, 11) is -0.851. The number of nitrogens with zero attached hydrogens (tertiary/aromatic N) is 8. The number of fused-ring (bicyclic) bond motifs is 2. The monoisotopic (exact) mass is 1030 g/mol. The number of ether oxygens (including phenoxy) is 2. The molecule has 28 heteroatoms. The van der Waals surface area contributed by atoms with Gasteiger partial charge in [-0.1, -0.05) is 14.9 Å². The molecule has 0 aliphatic carbocycles. The van der Waals surface area contributed by atoms with Gasteiger partial charge in [0.15, 0.2) is 35.1 Å². The maximum Gasteiger partial charge on any atom is 0.496 e. The highest BCUT2D eigenvalue weighted by atomic mass is 79.9. The Hall–Kier alpha value is -5.38. The van der Waals surface area contributed by atoms with Crippen molar-refractivity contribution in [3.8, 4) is 22.9 Å². The second-order valence-electron chi connectivity index (χ2n) is 14.5. The summed E-state index contributed by atoms with van der Waals surface area (Å²) in [6, 6.07) is 7.44. The van der Waals surface area contributed by atoms with E-state index in [-0.39, 0.29) is 42.7 Å². The van der Waals surface area contributed by atoms with Crippen molar-refractivity contribution in [3.05, 3.63) is 88.9 Å². The molecule has 7 heterocycles. The minimum Gasteiger partial charge on any atom is -0.463 e. The Labute approximate surface area is 374 Å². The smallest absolute Gasteiger partial charge is 0.463 e. The molecular formula is C38H38BBrF14N8O4. The first kappa shape index (κ1) is 55.0. The Morgan fingerprint density at radius 2 is 1.03 bits per heavy atom. The van der Waals surface area contributed by atoms with E-state index >= 15 is 0 Å². The molecule has 1 aliphatic rings. The zero-order chi connectivity index (χ0) is 48.0. The molecule has 0 bridgehead atoms. The first-order valence-corrected chi connectivity index (χ1v) is 18.7. The van der Waals surface area contributed by atoms with Crippen LogP contribution in [0.1, 0.15) is 68.0 Å². The van der Waals surface area contributed by atoms with Crippen LogP contribution in [0.2, 0.25) is 0 Å². The molecule has 6 aromatic rings. The molecule has 0 spiro atoms. The van der Waals surface area contributed by atoms with E-state index < -0.39 is 90.3 Å². The average molecular weight is 1030 g/mol. The zero-order valence-electron chi connectivity index (χ0n) is 33.4. The van der Waals surface area contributed by atoms with Gasteiger partial charge in [-0.2, -0.15) is 52.7 Å². The van der Waals surface area contributed by atoms with Crippen molar-refractivity contribution in [2.24, 2.45) is 0 Å². The van der Waals surface area contributed by atoms with Crippen LogP contribution in [0.25, 0.3) is 22.4 Å². The van der Waals surface area contributed by atoms with Gasteiger partial charge in [0.2, 0.25) is 11.6 Å². The molecule has 12 nitrogen and oxygen atoms in total. The van der Waals surface area contributed by atoms with Crippen molar-refractivity contribution in [2.75, 3.05) is 0 Å². The van der Waals surface area contributed by atoms with E-state index in [2.05, 4.69) is 55.8 Å². The highest BCUT2D eigenvalue weighted by Gasteiger charge is 2.52. The number of hydrogen-bond acceptors (Lipinski definition) is 10. The highest BCUT2D eigenvalue weighted by Crippen LogP contribution is 2.37. The minimum absolute atomic E-state index is 0. The lowest BCUT2D eigenvalue weighted by atomic mass is 9.80. The molecule has 1 fully saturated rings. The largest absolute Gasteiger partial charge is 0.496 e. The van der Waals surface area contributed by atoms with Crippen molar-refractivity contribution < 1.29 is 80.2 Å². The van der Waals surface area contributed by atoms with Crippen LogP contribution < -0.4 is 14.9 Å². The van der Waals surface area contributed by atoms with Gasteiger partial charge in [0.05, 0.1) is 11.2 Å². The molecule has 0 aromatic carbocycles. The van der Waals surface area contributed by atoms with E-state index in [9.17, 15) is 61.5 Å². The number of aromatic nitrogens is 8. The number of rotatable bonds is 6. The number of alkyl halides is 12. The molecule has 0 amide bonds. The first-order valence-electron chi connectivity index (χ1n) is 17.9. The van der Waals surface area contributed by atoms with Gasteiger partial charge in [0.25, 0.3) is 11.8 Å². The van der Waals surface area contributed by atoms with E-state index in [4.69, 9.17) is 9.31 Å². The van der Waals surface area contributed by atoms with Crippen molar-refractivity contribution in [1.29, 1.82) is 0 Å². The first-order chi connectivity index (χ1) is 29.3. The lowest BCUT2D eigenvalue weighted by molar-refractivity contribution is -0.190. The fourth-order valence-corrected chi connectivity index (χ4v) is 5.42. The van der Waals surface area contributed by atoms with E-state index in [1.54, 1.807) is 6.07 Å². The molecule has 362 valence electrons. The summed E-state index contributed by atoms with van der Waals surface area (Å²) >= 11 is 3.07. The van der Waals surface area contributed by atoms with Gasteiger partial charge < -0.3 is 18.8 Å². The summed E-state index contributed by atoms with van der Waals surface area (Å²) in [4.78, 5) is 7.10. The molecule has 0 saturated carbocycles. The summed E-state index contributed by atoms with van der Waals surface area (Å²) in [6.45, 7) is 8.80. The molecule has 0 unspecified atom stereocenters. The fraction of sp³-hybridized carbons (Fsp3) is 0.421. The highest BCUT2D eigenvalue weighted by molar-refractivity contribution is 9.10. The molecule has 66 heavy (non-hydrogen) atoms. The van der Waals surface area contributed by atoms with Gasteiger partial charge in [-0.25, -0.2) is 18.7 Å². The molecule has 1 saturated heterocycles. The van der Waals surface area contributed by atoms with Gasteiger partial charge in [0.1, 0.15) is 0 Å². The molecular weight excluding hydrogens is 989 g/mol. The maximum absolute atomic E-state index is 14.0. The normalized spacial score (nSPS) is 15.7. The summed E-state index contributed by atoms with van der Waals surface area (Å²) in [5.74, 6) is -6.07. The Kier molecular flexibility index (Phi) is 16.5. The molecule has 7 rings (SSSR count). The summed E-state index contributed by atoms with van der Waals surface area (Å²) in [6.07, 6.45) is -18.5.